The van der Waals surface area contributed by atoms with Crippen molar-refractivity contribution < 1.29 is 14.2 Å². The second kappa shape index (κ2) is 4.00. The fourth-order valence-corrected chi connectivity index (χ4v) is 0.903. The van der Waals surface area contributed by atoms with Crippen LogP contribution >= 0.6 is 0 Å². The van der Waals surface area contributed by atoms with E-state index in [9.17, 15) is 9.30 Å². The Kier molecular flexibility index (Phi) is 2.97. The number of hydrogen-bond donors (Lipinski definition) is 1. The van der Waals surface area contributed by atoms with Gasteiger partial charge in [0.05, 0.1) is 7.11 Å². The Morgan fingerprint density at radius 2 is 2.31 bits per heavy atom. The van der Waals surface area contributed by atoms with Crippen molar-refractivity contribution in [3.8, 4) is 5.75 Å². The first kappa shape index (κ1) is 9.66. The van der Waals surface area contributed by atoms with Gasteiger partial charge < -0.3 is 9.76 Å². The maximum Gasteiger partial charge on any atom is 0.520 e. The van der Waals surface area contributed by atoms with Crippen LogP contribution in [-0.4, -0.2) is 19.2 Å². The summed E-state index contributed by atoms with van der Waals surface area (Å²) >= 11 is 0. The van der Waals surface area contributed by atoms with Gasteiger partial charge in [0, 0.05) is 5.46 Å². The van der Waals surface area contributed by atoms with E-state index in [1.165, 1.54) is 19.2 Å². The van der Waals surface area contributed by atoms with Crippen molar-refractivity contribution in [2.45, 2.75) is 0 Å². The lowest BCUT2D eigenvalue weighted by molar-refractivity contribution is 0.414. The van der Waals surface area contributed by atoms with Gasteiger partial charge in [0.1, 0.15) is 11.6 Å². The smallest absolute Gasteiger partial charge is 0.497 e. The topological polar surface area (TPSA) is 58.9 Å². The Morgan fingerprint density at radius 3 is 2.85 bits per heavy atom. The van der Waals surface area contributed by atoms with Gasteiger partial charge in [0.2, 0.25) is 0 Å². The summed E-state index contributed by atoms with van der Waals surface area (Å²) in [5.74, 6) is -0.327. The molecule has 0 unspecified atom stereocenters. The lowest BCUT2D eigenvalue weighted by atomic mass is 9.75. The number of benzene rings is 1. The molecule has 0 radical (unpaired) electrons. The highest BCUT2D eigenvalue weighted by Crippen LogP contribution is 2.09. The van der Waals surface area contributed by atoms with E-state index in [1.807, 2.05) is 0 Å². The molecule has 0 aliphatic rings. The SMILES string of the molecule is COc1ccc(F)c(B(O)N=O)c1. The molecule has 0 atom stereocenters. The second-order valence-electron chi connectivity index (χ2n) is 2.37. The first-order valence-electron chi connectivity index (χ1n) is 3.53. The molecule has 13 heavy (non-hydrogen) atoms. The number of nitrogens with zero attached hydrogens (tertiary/aromatic N) is 1. The number of halogens is 1. The molecule has 1 rings (SSSR count). The van der Waals surface area contributed by atoms with Crippen molar-refractivity contribution in [3.05, 3.63) is 28.9 Å². The normalized spacial score (nSPS) is 9.46. The summed E-state index contributed by atoms with van der Waals surface area (Å²) in [6, 6.07) is 3.71. The summed E-state index contributed by atoms with van der Waals surface area (Å²) < 4.78 is 17.7. The minimum atomic E-state index is -1.69. The monoisotopic (exact) mass is 183 g/mol. The van der Waals surface area contributed by atoms with Gasteiger partial charge >= 0.3 is 7.05 Å². The van der Waals surface area contributed by atoms with Crippen LogP contribution in [-0.2, 0) is 0 Å². The van der Waals surface area contributed by atoms with Crippen molar-refractivity contribution in [1.29, 1.82) is 0 Å². The Balaban J connectivity index is 3.10. The molecule has 0 aromatic heterocycles. The quantitative estimate of drug-likeness (QED) is 0.541. The van der Waals surface area contributed by atoms with E-state index < -0.39 is 12.9 Å². The molecular weight excluding hydrogens is 176 g/mol. The third-order valence-corrected chi connectivity index (χ3v) is 1.58. The third-order valence-electron chi connectivity index (χ3n) is 1.58. The minimum absolute atomic E-state index is 0.186. The van der Waals surface area contributed by atoms with Crippen LogP contribution in [0.5, 0.6) is 5.75 Å². The van der Waals surface area contributed by atoms with Crippen LogP contribution in [0.3, 0.4) is 0 Å². The zero-order valence-electron chi connectivity index (χ0n) is 6.90. The number of methoxy groups -OCH3 is 1. The van der Waals surface area contributed by atoms with Gasteiger partial charge in [-0.2, -0.15) is 4.91 Å². The van der Waals surface area contributed by atoms with Gasteiger partial charge in [0.15, 0.2) is 0 Å². The molecule has 0 aliphatic heterocycles. The van der Waals surface area contributed by atoms with E-state index in [1.54, 1.807) is 0 Å². The lowest BCUT2D eigenvalue weighted by Gasteiger charge is -2.03. The predicted molar refractivity (Wildman–Crippen MR) is 46.4 cm³/mol. The molecule has 0 bridgehead atoms. The molecule has 1 aromatic carbocycles. The molecule has 0 aliphatic carbocycles. The average molecular weight is 183 g/mol. The number of nitroso groups, excluding NO2 is 1. The maximum atomic E-state index is 12.9. The van der Waals surface area contributed by atoms with Gasteiger partial charge in [-0.05, 0) is 18.2 Å². The van der Waals surface area contributed by atoms with Gasteiger partial charge in [-0.1, -0.05) is 5.09 Å². The van der Waals surface area contributed by atoms with Gasteiger partial charge in [-0.25, -0.2) is 4.39 Å². The summed E-state index contributed by atoms with van der Waals surface area (Å²) in [7, 11) is -0.285. The molecule has 0 saturated carbocycles. The fraction of sp³-hybridized carbons (Fsp3) is 0.143. The zero-order valence-corrected chi connectivity index (χ0v) is 6.90. The highest BCUT2D eigenvalue weighted by molar-refractivity contribution is 6.64. The van der Waals surface area contributed by atoms with E-state index in [2.05, 4.69) is 5.09 Å². The summed E-state index contributed by atoms with van der Waals surface area (Å²) in [6.45, 7) is 0. The minimum Gasteiger partial charge on any atom is -0.497 e. The van der Waals surface area contributed by atoms with Crippen molar-refractivity contribution >= 4 is 12.5 Å². The number of hydrogen-bond acceptors (Lipinski definition) is 4. The molecule has 1 N–H and O–H groups in total. The van der Waals surface area contributed by atoms with E-state index >= 15 is 0 Å². The Morgan fingerprint density at radius 1 is 1.62 bits per heavy atom. The Bertz CT molecular complexity index is 321. The van der Waals surface area contributed by atoms with Crippen LogP contribution in [0, 0.1) is 10.7 Å². The highest BCUT2D eigenvalue weighted by atomic mass is 19.1. The lowest BCUT2D eigenvalue weighted by Crippen LogP contribution is -2.30. The molecular formula is C7H7BFNO3. The molecule has 0 spiro atoms. The largest absolute Gasteiger partial charge is 0.520 e. The van der Waals surface area contributed by atoms with Crippen LogP contribution < -0.4 is 10.2 Å². The summed E-state index contributed by atoms with van der Waals surface area (Å²) in [5.41, 5.74) is -0.186. The predicted octanol–water partition coefficient (Wildman–Crippen LogP) is 0.288. The van der Waals surface area contributed by atoms with Crippen molar-refractivity contribution in [2.24, 2.45) is 5.09 Å². The summed E-state index contributed by atoms with van der Waals surface area (Å²) in [5, 5.41) is 11.3. The van der Waals surface area contributed by atoms with Crippen molar-refractivity contribution in [2.75, 3.05) is 7.11 Å². The van der Waals surface area contributed by atoms with Gasteiger partial charge in [-0.15, -0.1) is 0 Å². The van der Waals surface area contributed by atoms with Crippen LogP contribution in [0.1, 0.15) is 0 Å². The standard InChI is InChI=1S/C7H7BFNO3/c1-13-5-2-3-7(9)6(4-5)8(11)10-12/h2-4,11H,1H3. The molecule has 0 amide bonds. The Hall–Kier alpha value is -1.43. The van der Waals surface area contributed by atoms with E-state index in [0.29, 0.717) is 5.75 Å². The third kappa shape index (κ3) is 2.03. The van der Waals surface area contributed by atoms with Gasteiger partial charge in [-0.3, -0.25) is 0 Å². The zero-order chi connectivity index (χ0) is 9.84. The summed E-state index contributed by atoms with van der Waals surface area (Å²) in [6.07, 6.45) is 0. The maximum absolute atomic E-state index is 12.9. The van der Waals surface area contributed by atoms with Gasteiger partial charge in [0.25, 0.3) is 0 Å². The Labute approximate surface area is 74.4 Å². The molecule has 4 nitrogen and oxygen atoms in total. The fourth-order valence-electron chi connectivity index (χ4n) is 0.903. The van der Waals surface area contributed by atoms with Crippen LogP contribution in [0.2, 0.25) is 0 Å². The number of rotatable bonds is 3. The molecule has 1 aromatic rings. The first-order chi connectivity index (χ1) is 6.19. The van der Waals surface area contributed by atoms with Crippen LogP contribution in [0.4, 0.5) is 4.39 Å². The average Bonchev–Trinajstić information content (AvgIpc) is 2.17. The number of ether oxygens (including phenoxy) is 1. The van der Waals surface area contributed by atoms with E-state index in [-0.39, 0.29) is 5.46 Å². The molecule has 6 heteroatoms. The second-order valence-corrected chi connectivity index (χ2v) is 2.37. The molecule has 0 saturated heterocycles. The van der Waals surface area contributed by atoms with Crippen molar-refractivity contribution in [1.82, 2.24) is 0 Å². The highest BCUT2D eigenvalue weighted by Gasteiger charge is 2.20. The van der Waals surface area contributed by atoms with Crippen molar-refractivity contribution in [3.63, 3.8) is 0 Å². The molecule has 0 fully saturated rings. The first-order valence-corrected chi connectivity index (χ1v) is 3.53. The van der Waals surface area contributed by atoms with Crippen LogP contribution in [0.15, 0.2) is 23.3 Å². The van der Waals surface area contributed by atoms with E-state index in [0.717, 1.165) is 6.07 Å². The molecule has 0 heterocycles. The van der Waals surface area contributed by atoms with Crippen LogP contribution in [0.25, 0.3) is 0 Å². The van der Waals surface area contributed by atoms with E-state index in [4.69, 9.17) is 9.76 Å². The molecule has 68 valence electrons. The summed E-state index contributed by atoms with van der Waals surface area (Å²) in [4.78, 5) is 9.95.